The first-order chi connectivity index (χ1) is 17.9. The molecule has 2 aromatic carbocycles. The summed E-state index contributed by atoms with van der Waals surface area (Å²) < 4.78 is 2.39. The fourth-order valence-electron chi connectivity index (χ4n) is 5.44. The molecular formula is C31H35N5S. The number of thiocarbonyl (C=S) groups is 1. The number of aromatic nitrogens is 2. The largest absolute Gasteiger partial charge is 0.385 e. The number of aryl methyl sites for hydroxylation is 3. The molecule has 1 aliphatic heterocycles. The average molecular weight is 510 g/mol. The molecule has 2 aromatic heterocycles. The van der Waals surface area contributed by atoms with Gasteiger partial charge in [0.05, 0.1) is 17.8 Å². The fourth-order valence-corrected chi connectivity index (χ4v) is 5.77. The zero-order valence-electron chi connectivity index (χ0n) is 22.0. The topological polar surface area (TPSA) is 45.1 Å². The van der Waals surface area contributed by atoms with Gasteiger partial charge in [0.1, 0.15) is 0 Å². The van der Waals surface area contributed by atoms with E-state index in [9.17, 15) is 0 Å². The van der Waals surface area contributed by atoms with E-state index in [-0.39, 0.29) is 12.1 Å². The predicted molar refractivity (Wildman–Crippen MR) is 156 cm³/mol. The van der Waals surface area contributed by atoms with Gasteiger partial charge in [-0.3, -0.25) is 4.98 Å². The second kappa shape index (κ2) is 10.8. The first-order valence-electron chi connectivity index (χ1n) is 13.0. The van der Waals surface area contributed by atoms with Crippen LogP contribution in [0, 0.1) is 27.7 Å². The Morgan fingerprint density at radius 2 is 1.73 bits per heavy atom. The van der Waals surface area contributed by atoms with E-state index >= 15 is 0 Å². The van der Waals surface area contributed by atoms with Crippen LogP contribution in [0.5, 0.6) is 0 Å². The van der Waals surface area contributed by atoms with Crippen molar-refractivity contribution in [2.45, 2.75) is 46.2 Å². The normalized spacial score (nSPS) is 17.2. The standard InChI is InChI=1S/C31H35N5S/c1-21-14-15-22(2)28(19-21)36-23(3)20-26(24(36)4)30-29(27-13-8-9-16-33-27)34-31(37)35(30)18-10-17-32-25-11-6-5-7-12-25/h5-9,11-16,19-20,29-30,32H,10,17-18H2,1-4H3,(H,34,37)/t29-,30-/m1/s1. The molecule has 2 N–H and O–H groups in total. The van der Waals surface area contributed by atoms with Crippen LogP contribution >= 0.6 is 12.2 Å². The van der Waals surface area contributed by atoms with Crippen LogP contribution in [-0.4, -0.2) is 32.7 Å². The molecule has 6 heteroatoms. The summed E-state index contributed by atoms with van der Waals surface area (Å²) in [4.78, 5) is 7.07. The molecule has 5 nitrogen and oxygen atoms in total. The number of nitrogens with zero attached hydrogens (tertiary/aromatic N) is 3. The van der Waals surface area contributed by atoms with Gasteiger partial charge in [0.2, 0.25) is 0 Å². The number of anilines is 1. The Bertz CT molecular complexity index is 1380. The van der Waals surface area contributed by atoms with E-state index in [1.807, 2.05) is 18.3 Å². The van der Waals surface area contributed by atoms with Crippen LogP contribution < -0.4 is 10.6 Å². The maximum atomic E-state index is 5.91. The van der Waals surface area contributed by atoms with Crippen molar-refractivity contribution >= 4 is 23.0 Å². The minimum atomic E-state index is -0.0108. The van der Waals surface area contributed by atoms with Gasteiger partial charge in [-0.2, -0.15) is 0 Å². The summed E-state index contributed by atoms with van der Waals surface area (Å²) in [5.41, 5.74) is 9.68. The van der Waals surface area contributed by atoms with Gasteiger partial charge in [0.15, 0.2) is 5.11 Å². The number of para-hydroxylation sites is 1. The summed E-state index contributed by atoms with van der Waals surface area (Å²) >= 11 is 5.91. The lowest BCUT2D eigenvalue weighted by molar-refractivity contribution is 0.315. The molecule has 0 radical (unpaired) electrons. The van der Waals surface area contributed by atoms with Crippen LogP contribution in [0.1, 0.15) is 52.3 Å². The van der Waals surface area contributed by atoms with Crippen LogP contribution in [0.2, 0.25) is 0 Å². The third kappa shape index (κ3) is 5.12. The molecule has 0 saturated carbocycles. The van der Waals surface area contributed by atoms with Crippen LogP contribution in [0.4, 0.5) is 5.69 Å². The Labute approximate surface area is 225 Å². The number of nitrogens with one attached hydrogen (secondary N) is 2. The first kappa shape index (κ1) is 25.0. The van der Waals surface area contributed by atoms with Gasteiger partial charge in [0.25, 0.3) is 0 Å². The van der Waals surface area contributed by atoms with Crippen molar-refractivity contribution in [2.24, 2.45) is 0 Å². The molecule has 0 unspecified atom stereocenters. The van der Waals surface area contributed by atoms with Crippen molar-refractivity contribution in [3.8, 4) is 5.69 Å². The number of pyridine rings is 1. The molecule has 0 bridgehead atoms. The third-order valence-corrected chi connectivity index (χ3v) is 7.62. The monoisotopic (exact) mass is 509 g/mol. The van der Waals surface area contributed by atoms with E-state index < -0.39 is 0 Å². The number of rotatable bonds is 8. The first-order valence-corrected chi connectivity index (χ1v) is 13.4. The van der Waals surface area contributed by atoms with Crippen molar-refractivity contribution in [2.75, 3.05) is 18.4 Å². The predicted octanol–water partition coefficient (Wildman–Crippen LogP) is 6.58. The highest BCUT2D eigenvalue weighted by molar-refractivity contribution is 7.80. The molecule has 1 fully saturated rings. The smallest absolute Gasteiger partial charge is 0.170 e. The van der Waals surface area contributed by atoms with Gasteiger partial charge in [-0.25, -0.2) is 0 Å². The lowest BCUT2D eigenvalue weighted by atomic mass is 9.96. The molecule has 0 amide bonds. The third-order valence-electron chi connectivity index (χ3n) is 7.27. The van der Waals surface area contributed by atoms with Gasteiger partial charge in [-0.05, 0) is 99.4 Å². The Morgan fingerprint density at radius 3 is 2.49 bits per heavy atom. The van der Waals surface area contributed by atoms with E-state index in [4.69, 9.17) is 17.2 Å². The second-order valence-electron chi connectivity index (χ2n) is 9.92. The van der Waals surface area contributed by atoms with Gasteiger partial charge < -0.3 is 20.1 Å². The van der Waals surface area contributed by atoms with Crippen molar-refractivity contribution < 1.29 is 0 Å². The summed E-state index contributed by atoms with van der Waals surface area (Å²) in [5, 5.41) is 7.93. The Balaban J connectivity index is 1.48. The average Bonchev–Trinajstić information content (AvgIpc) is 3.39. The van der Waals surface area contributed by atoms with Crippen molar-refractivity contribution in [3.05, 3.63) is 113 Å². The molecule has 3 heterocycles. The summed E-state index contributed by atoms with van der Waals surface area (Å²) in [6.45, 7) is 10.5. The molecule has 2 atom stereocenters. The molecule has 0 aliphatic carbocycles. The summed E-state index contributed by atoms with van der Waals surface area (Å²) in [5.74, 6) is 0. The van der Waals surface area contributed by atoms with E-state index in [2.05, 4.69) is 108 Å². The van der Waals surface area contributed by atoms with E-state index in [1.165, 1.54) is 33.8 Å². The molecular weight excluding hydrogens is 474 g/mol. The highest BCUT2D eigenvalue weighted by Crippen LogP contribution is 2.41. The summed E-state index contributed by atoms with van der Waals surface area (Å²) in [7, 11) is 0. The van der Waals surface area contributed by atoms with E-state index in [0.29, 0.717) is 0 Å². The molecule has 0 spiro atoms. The minimum Gasteiger partial charge on any atom is -0.385 e. The molecule has 4 aromatic rings. The highest BCUT2D eigenvalue weighted by Gasteiger charge is 2.41. The minimum absolute atomic E-state index is 0.0108. The van der Waals surface area contributed by atoms with E-state index in [1.54, 1.807) is 0 Å². The maximum Gasteiger partial charge on any atom is 0.170 e. The molecule has 1 saturated heterocycles. The lowest BCUT2D eigenvalue weighted by Gasteiger charge is -2.28. The number of hydrogen-bond acceptors (Lipinski definition) is 3. The number of hydrogen-bond donors (Lipinski definition) is 2. The van der Waals surface area contributed by atoms with Gasteiger partial charge in [-0.15, -0.1) is 0 Å². The summed E-state index contributed by atoms with van der Waals surface area (Å²) in [6.07, 6.45) is 2.83. The summed E-state index contributed by atoms with van der Waals surface area (Å²) in [6, 6.07) is 25.5. The Morgan fingerprint density at radius 1 is 0.946 bits per heavy atom. The quantitative estimate of drug-likeness (QED) is 0.207. The molecule has 1 aliphatic rings. The lowest BCUT2D eigenvalue weighted by Crippen LogP contribution is -2.31. The van der Waals surface area contributed by atoms with E-state index in [0.717, 1.165) is 36.0 Å². The van der Waals surface area contributed by atoms with Crippen LogP contribution in [0.3, 0.4) is 0 Å². The van der Waals surface area contributed by atoms with Crippen molar-refractivity contribution in [1.82, 2.24) is 19.8 Å². The molecule has 190 valence electrons. The Hall–Kier alpha value is -3.64. The van der Waals surface area contributed by atoms with Crippen LogP contribution in [0.25, 0.3) is 5.69 Å². The highest BCUT2D eigenvalue weighted by atomic mass is 32.1. The van der Waals surface area contributed by atoms with Gasteiger partial charge >= 0.3 is 0 Å². The zero-order chi connectivity index (χ0) is 25.9. The molecule has 5 rings (SSSR count). The van der Waals surface area contributed by atoms with Gasteiger partial charge in [-0.1, -0.05) is 36.4 Å². The SMILES string of the molecule is Cc1ccc(C)c(-n2c(C)cc([C@@H]3[C@@H](c4ccccn4)NC(=S)N3CCCNc3ccccc3)c2C)c1. The number of benzene rings is 2. The van der Waals surface area contributed by atoms with Gasteiger partial charge in [0, 0.05) is 42.0 Å². The fraction of sp³-hybridized carbons (Fsp3) is 0.290. The second-order valence-corrected chi connectivity index (χ2v) is 10.3. The van der Waals surface area contributed by atoms with Crippen molar-refractivity contribution in [1.29, 1.82) is 0 Å². The molecule has 37 heavy (non-hydrogen) atoms. The zero-order valence-corrected chi connectivity index (χ0v) is 22.8. The Kier molecular flexibility index (Phi) is 7.28. The van der Waals surface area contributed by atoms with Crippen molar-refractivity contribution in [3.63, 3.8) is 0 Å². The van der Waals surface area contributed by atoms with Crippen LogP contribution in [-0.2, 0) is 0 Å². The van der Waals surface area contributed by atoms with Crippen LogP contribution in [0.15, 0.2) is 79.0 Å². The maximum absolute atomic E-state index is 5.91.